The van der Waals surface area contributed by atoms with Crippen molar-refractivity contribution in [3.05, 3.63) is 88.4 Å². The first-order valence-electron chi connectivity index (χ1n) is 13.4. The fourth-order valence-corrected chi connectivity index (χ4v) is 6.03. The number of benzene rings is 3. The Morgan fingerprint density at radius 2 is 1.56 bits per heavy atom. The van der Waals surface area contributed by atoms with Crippen molar-refractivity contribution in [3.8, 4) is 5.75 Å². The molecule has 2 amide bonds. The van der Waals surface area contributed by atoms with Crippen molar-refractivity contribution in [2.75, 3.05) is 24.0 Å². The minimum Gasteiger partial charge on any atom is -0.494 e. The van der Waals surface area contributed by atoms with Crippen LogP contribution >= 0.6 is 23.2 Å². The SMILES string of the molecule is CCCCNC(=O)C(C)N(Cc1c(Cl)cccc1Cl)C(=O)CN(c1ccccc1)S(=O)(=O)c1ccc(OCC)cc1. The molecule has 0 heterocycles. The van der Waals surface area contributed by atoms with Crippen LogP contribution in [-0.4, -0.2) is 50.9 Å². The van der Waals surface area contributed by atoms with Crippen molar-refractivity contribution >= 4 is 50.7 Å². The van der Waals surface area contributed by atoms with Gasteiger partial charge in [-0.3, -0.25) is 13.9 Å². The van der Waals surface area contributed by atoms with Crippen LogP contribution < -0.4 is 14.4 Å². The molecule has 0 fully saturated rings. The summed E-state index contributed by atoms with van der Waals surface area (Å²) in [6.45, 7) is 5.67. The lowest BCUT2D eigenvalue weighted by Crippen LogP contribution is -2.51. The number of halogens is 2. The summed E-state index contributed by atoms with van der Waals surface area (Å²) in [4.78, 5) is 28.3. The molecule has 220 valence electrons. The van der Waals surface area contributed by atoms with Crippen LogP contribution in [0.1, 0.15) is 39.2 Å². The number of para-hydroxylation sites is 1. The van der Waals surface area contributed by atoms with Crippen LogP contribution in [0.3, 0.4) is 0 Å². The number of hydrogen-bond donors (Lipinski definition) is 1. The van der Waals surface area contributed by atoms with E-state index in [4.69, 9.17) is 27.9 Å². The van der Waals surface area contributed by atoms with Crippen LogP contribution in [0.25, 0.3) is 0 Å². The van der Waals surface area contributed by atoms with Crippen molar-refractivity contribution in [2.24, 2.45) is 0 Å². The topological polar surface area (TPSA) is 96.0 Å². The molecule has 0 aliphatic rings. The third-order valence-electron chi connectivity index (χ3n) is 6.43. The smallest absolute Gasteiger partial charge is 0.264 e. The van der Waals surface area contributed by atoms with Gasteiger partial charge in [-0.15, -0.1) is 0 Å². The molecule has 0 aromatic heterocycles. The minimum absolute atomic E-state index is 0.0105. The quantitative estimate of drug-likeness (QED) is 0.226. The Morgan fingerprint density at radius 1 is 0.927 bits per heavy atom. The van der Waals surface area contributed by atoms with Gasteiger partial charge in [-0.1, -0.05) is 60.8 Å². The summed E-state index contributed by atoms with van der Waals surface area (Å²) in [6, 6.07) is 18.4. The Morgan fingerprint density at radius 3 is 2.15 bits per heavy atom. The van der Waals surface area contributed by atoms with Gasteiger partial charge in [0.05, 0.1) is 17.2 Å². The molecule has 3 aromatic rings. The number of carbonyl (C=O) groups excluding carboxylic acids is 2. The molecular formula is C30H35Cl2N3O5S. The molecular weight excluding hydrogens is 585 g/mol. The number of ether oxygens (including phenoxy) is 1. The lowest BCUT2D eigenvalue weighted by molar-refractivity contribution is -0.139. The molecule has 0 saturated heterocycles. The summed E-state index contributed by atoms with van der Waals surface area (Å²) >= 11 is 12.8. The van der Waals surface area contributed by atoms with E-state index < -0.39 is 28.5 Å². The van der Waals surface area contributed by atoms with E-state index in [9.17, 15) is 18.0 Å². The standard InChI is InChI=1S/C30H35Cl2N3O5S/c1-4-6-19-33-30(37)22(3)34(20-26-27(31)13-10-14-28(26)32)29(36)21-35(23-11-8-7-9-12-23)41(38,39)25-17-15-24(16-18-25)40-5-2/h7-18,22H,4-6,19-21H2,1-3H3,(H,33,37). The van der Waals surface area contributed by atoms with Gasteiger partial charge in [0.25, 0.3) is 10.0 Å². The van der Waals surface area contributed by atoms with Gasteiger partial charge in [0, 0.05) is 28.7 Å². The summed E-state index contributed by atoms with van der Waals surface area (Å²) in [5, 5.41) is 3.51. The lowest BCUT2D eigenvalue weighted by Gasteiger charge is -2.32. The summed E-state index contributed by atoms with van der Waals surface area (Å²) < 4.78 is 34.3. The van der Waals surface area contributed by atoms with E-state index in [1.807, 2.05) is 13.8 Å². The molecule has 3 aromatic carbocycles. The molecule has 11 heteroatoms. The molecule has 1 N–H and O–H groups in total. The van der Waals surface area contributed by atoms with Crippen LogP contribution in [0.2, 0.25) is 10.0 Å². The summed E-state index contributed by atoms with van der Waals surface area (Å²) in [5.41, 5.74) is 0.753. The van der Waals surface area contributed by atoms with E-state index >= 15 is 0 Å². The zero-order valence-electron chi connectivity index (χ0n) is 23.3. The van der Waals surface area contributed by atoms with E-state index in [2.05, 4.69) is 5.32 Å². The van der Waals surface area contributed by atoms with Crippen LogP contribution in [0.4, 0.5) is 5.69 Å². The third kappa shape index (κ3) is 8.38. The highest BCUT2D eigenvalue weighted by molar-refractivity contribution is 7.92. The predicted octanol–water partition coefficient (Wildman–Crippen LogP) is 5.92. The number of nitrogens with zero attached hydrogens (tertiary/aromatic N) is 2. The van der Waals surface area contributed by atoms with Crippen LogP contribution in [0.15, 0.2) is 77.7 Å². The maximum Gasteiger partial charge on any atom is 0.264 e. The number of anilines is 1. The molecule has 3 rings (SSSR count). The molecule has 8 nitrogen and oxygen atoms in total. The summed E-state index contributed by atoms with van der Waals surface area (Å²) in [7, 11) is -4.19. The molecule has 0 aliphatic carbocycles. The Labute approximate surface area is 252 Å². The largest absolute Gasteiger partial charge is 0.494 e. The molecule has 41 heavy (non-hydrogen) atoms. The molecule has 0 aliphatic heterocycles. The van der Waals surface area contributed by atoms with Crippen LogP contribution in [-0.2, 0) is 26.2 Å². The number of nitrogens with one attached hydrogen (secondary N) is 1. The molecule has 0 saturated carbocycles. The van der Waals surface area contributed by atoms with Crippen LogP contribution in [0.5, 0.6) is 5.75 Å². The van der Waals surface area contributed by atoms with Gasteiger partial charge in [-0.2, -0.15) is 0 Å². The highest BCUT2D eigenvalue weighted by atomic mass is 35.5. The van der Waals surface area contributed by atoms with Gasteiger partial charge in [-0.05, 0) is 68.8 Å². The molecule has 1 atom stereocenters. The Hall–Kier alpha value is -3.27. The highest BCUT2D eigenvalue weighted by Gasteiger charge is 2.33. The zero-order chi connectivity index (χ0) is 30.0. The number of unbranched alkanes of at least 4 members (excludes halogenated alkanes) is 1. The number of rotatable bonds is 14. The second-order valence-electron chi connectivity index (χ2n) is 9.29. The predicted molar refractivity (Wildman–Crippen MR) is 163 cm³/mol. The average molecular weight is 621 g/mol. The summed E-state index contributed by atoms with van der Waals surface area (Å²) in [6.07, 6.45) is 1.67. The van der Waals surface area contributed by atoms with E-state index in [0.29, 0.717) is 40.2 Å². The van der Waals surface area contributed by atoms with Gasteiger partial charge >= 0.3 is 0 Å². The fourth-order valence-electron chi connectivity index (χ4n) is 4.10. The van der Waals surface area contributed by atoms with Crippen LogP contribution in [0, 0.1) is 0 Å². The van der Waals surface area contributed by atoms with Crippen molar-refractivity contribution in [1.82, 2.24) is 10.2 Å². The second kappa shape index (κ2) is 15.1. The number of hydrogen-bond acceptors (Lipinski definition) is 5. The van der Waals surface area contributed by atoms with Gasteiger partial charge in [0.15, 0.2) is 0 Å². The number of amides is 2. The minimum atomic E-state index is -4.19. The summed E-state index contributed by atoms with van der Waals surface area (Å²) in [5.74, 6) is -0.437. The monoisotopic (exact) mass is 619 g/mol. The maximum atomic E-state index is 14.0. The highest BCUT2D eigenvalue weighted by Crippen LogP contribution is 2.28. The van der Waals surface area contributed by atoms with E-state index in [0.717, 1.165) is 17.1 Å². The Bertz CT molecular complexity index is 1400. The molecule has 1 unspecified atom stereocenters. The number of sulfonamides is 1. The third-order valence-corrected chi connectivity index (χ3v) is 8.93. The van der Waals surface area contributed by atoms with E-state index in [1.165, 1.54) is 17.0 Å². The van der Waals surface area contributed by atoms with Gasteiger partial charge in [0.2, 0.25) is 11.8 Å². The normalized spacial score (nSPS) is 11.9. The lowest BCUT2D eigenvalue weighted by atomic mass is 10.1. The Balaban J connectivity index is 2.00. The number of carbonyl (C=O) groups is 2. The van der Waals surface area contributed by atoms with Gasteiger partial charge in [-0.25, -0.2) is 8.42 Å². The molecule has 0 radical (unpaired) electrons. The first-order chi connectivity index (χ1) is 19.6. The Kier molecular flexibility index (Phi) is 11.9. The van der Waals surface area contributed by atoms with Crippen molar-refractivity contribution < 1.29 is 22.7 Å². The van der Waals surface area contributed by atoms with Gasteiger partial charge in [0.1, 0.15) is 18.3 Å². The first kappa shape index (κ1) is 32.2. The fraction of sp³-hybridized carbons (Fsp3) is 0.333. The van der Waals surface area contributed by atoms with Crippen molar-refractivity contribution in [1.29, 1.82) is 0 Å². The molecule has 0 spiro atoms. The maximum absolute atomic E-state index is 14.0. The van der Waals surface area contributed by atoms with Crippen molar-refractivity contribution in [2.45, 2.75) is 51.1 Å². The van der Waals surface area contributed by atoms with Crippen molar-refractivity contribution in [3.63, 3.8) is 0 Å². The average Bonchev–Trinajstić information content (AvgIpc) is 2.96. The zero-order valence-corrected chi connectivity index (χ0v) is 25.7. The van der Waals surface area contributed by atoms with E-state index in [-0.39, 0.29) is 17.3 Å². The second-order valence-corrected chi connectivity index (χ2v) is 12.0. The first-order valence-corrected chi connectivity index (χ1v) is 15.6. The van der Waals surface area contributed by atoms with E-state index in [1.54, 1.807) is 67.6 Å². The van der Waals surface area contributed by atoms with Gasteiger partial charge < -0.3 is 15.0 Å². The molecule has 0 bridgehead atoms.